The highest BCUT2D eigenvalue weighted by Crippen LogP contribution is 2.18. The van der Waals surface area contributed by atoms with Gasteiger partial charge in [0, 0.05) is 19.8 Å². The van der Waals surface area contributed by atoms with Crippen molar-refractivity contribution in [1.29, 1.82) is 0 Å². The molecular formula is C13H14ClN3O. The SMILES string of the molecule is Cn1nccc1C(=O)NCC(Cl)c1ccccc1. The first-order valence-electron chi connectivity index (χ1n) is 5.63. The topological polar surface area (TPSA) is 46.9 Å². The number of benzene rings is 1. The van der Waals surface area contributed by atoms with Crippen molar-refractivity contribution in [3.8, 4) is 0 Å². The Hall–Kier alpha value is -1.81. The smallest absolute Gasteiger partial charge is 0.269 e. The Bertz CT molecular complexity index is 524. The van der Waals surface area contributed by atoms with E-state index in [-0.39, 0.29) is 11.3 Å². The van der Waals surface area contributed by atoms with Gasteiger partial charge in [0.05, 0.1) is 5.38 Å². The van der Waals surface area contributed by atoms with Crippen LogP contribution in [0.2, 0.25) is 0 Å². The van der Waals surface area contributed by atoms with Crippen molar-refractivity contribution in [2.75, 3.05) is 6.54 Å². The van der Waals surface area contributed by atoms with Gasteiger partial charge in [-0.2, -0.15) is 5.10 Å². The van der Waals surface area contributed by atoms with Crippen LogP contribution in [0.3, 0.4) is 0 Å². The summed E-state index contributed by atoms with van der Waals surface area (Å²) in [6.07, 6.45) is 1.59. The summed E-state index contributed by atoms with van der Waals surface area (Å²) in [6.45, 7) is 0.385. The lowest BCUT2D eigenvalue weighted by Crippen LogP contribution is -2.28. The van der Waals surface area contributed by atoms with Crippen molar-refractivity contribution in [3.05, 3.63) is 53.9 Å². The zero-order valence-electron chi connectivity index (χ0n) is 10.0. The number of rotatable bonds is 4. The number of carbonyl (C=O) groups excluding carboxylic acids is 1. The van der Waals surface area contributed by atoms with Crippen LogP contribution in [-0.4, -0.2) is 22.2 Å². The van der Waals surface area contributed by atoms with Gasteiger partial charge in [-0.3, -0.25) is 9.48 Å². The fraction of sp³-hybridized carbons (Fsp3) is 0.231. The molecule has 0 bridgehead atoms. The lowest BCUT2D eigenvalue weighted by molar-refractivity contribution is 0.0944. The van der Waals surface area contributed by atoms with Crippen LogP contribution in [-0.2, 0) is 7.05 Å². The number of aromatic nitrogens is 2. The van der Waals surface area contributed by atoms with Crippen molar-refractivity contribution in [3.63, 3.8) is 0 Å². The first-order chi connectivity index (χ1) is 8.68. The molecule has 0 saturated heterocycles. The molecule has 1 aromatic heterocycles. The van der Waals surface area contributed by atoms with E-state index in [1.165, 1.54) is 4.68 Å². The largest absolute Gasteiger partial charge is 0.349 e. The van der Waals surface area contributed by atoms with E-state index in [4.69, 9.17) is 11.6 Å². The molecule has 18 heavy (non-hydrogen) atoms. The van der Waals surface area contributed by atoms with Crippen molar-refractivity contribution >= 4 is 17.5 Å². The predicted molar refractivity (Wildman–Crippen MR) is 70.6 cm³/mol. The van der Waals surface area contributed by atoms with Crippen LogP contribution >= 0.6 is 11.6 Å². The third-order valence-corrected chi connectivity index (χ3v) is 3.06. The average Bonchev–Trinajstić information content (AvgIpc) is 2.83. The standard InChI is InChI=1S/C13H14ClN3O/c1-17-12(7-8-16-17)13(18)15-9-11(14)10-5-3-2-4-6-10/h2-8,11H,9H2,1H3,(H,15,18). The number of carbonyl (C=O) groups is 1. The predicted octanol–water partition coefficient (Wildman–Crippen LogP) is 2.13. The molecule has 1 atom stereocenters. The van der Waals surface area contributed by atoms with Crippen LogP contribution in [0.15, 0.2) is 42.6 Å². The Morgan fingerprint density at radius 1 is 1.39 bits per heavy atom. The molecule has 0 spiro atoms. The highest BCUT2D eigenvalue weighted by molar-refractivity contribution is 6.21. The van der Waals surface area contributed by atoms with Crippen LogP contribution < -0.4 is 5.32 Å². The van der Waals surface area contributed by atoms with Crippen LogP contribution in [0.4, 0.5) is 0 Å². The van der Waals surface area contributed by atoms with Gasteiger partial charge in [-0.05, 0) is 11.6 Å². The molecule has 0 saturated carbocycles. The normalized spacial score (nSPS) is 12.1. The average molecular weight is 264 g/mol. The molecule has 0 radical (unpaired) electrons. The zero-order valence-corrected chi connectivity index (χ0v) is 10.8. The van der Waals surface area contributed by atoms with Gasteiger partial charge in [-0.25, -0.2) is 0 Å². The Morgan fingerprint density at radius 3 is 2.72 bits per heavy atom. The van der Waals surface area contributed by atoms with E-state index >= 15 is 0 Å². The van der Waals surface area contributed by atoms with Crippen molar-refractivity contribution < 1.29 is 4.79 Å². The van der Waals surface area contributed by atoms with Crippen LogP contribution in [0.1, 0.15) is 21.4 Å². The Kier molecular flexibility index (Phi) is 3.99. The maximum atomic E-state index is 11.8. The number of halogens is 1. The molecule has 1 amide bonds. The minimum atomic E-state index is -0.233. The molecule has 5 heteroatoms. The number of nitrogens with one attached hydrogen (secondary N) is 1. The van der Waals surface area contributed by atoms with Gasteiger partial charge in [0.1, 0.15) is 5.69 Å². The van der Waals surface area contributed by atoms with Gasteiger partial charge in [-0.1, -0.05) is 30.3 Å². The van der Waals surface area contributed by atoms with E-state index in [1.54, 1.807) is 19.3 Å². The number of nitrogens with zero attached hydrogens (tertiary/aromatic N) is 2. The lowest BCUT2D eigenvalue weighted by atomic mass is 10.1. The first-order valence-corrected chi connectivity index (χ1v) is 6.07. The first kappa shape index (κ1) is 12.6. The van der Waals surface area contributed by atoms with E-state index in [2.05, 4.69) is 10.4 Å². The molecule has 0 aliphatic heterocycles. The number of aryl methyl sites for hydroxylation is 1. The number of alkyl halides is 1. The van der Waals surface area contributed by atoms with Gasteiger partial charge in [0.2, 0.25) is 0 Å². The Morgan fingerprint density at radius 2 is 2.11 bits per heavy atom. The summed E-state index contributed by atoms with van der Waals surface area (Å²) in [5.41, 5.74) is 1.51. The summed E-state index contributed by atoms with van der Waals surface area (Å²) in [5, 5.41) is 6.51. The Balaban J connectivity index is 1.93. The molecule has 1 unspecified atom stereocenters. The molecule has 1 N–H and O–H groups in total. The van der Waals surface area contributed by atoms with Crippen LogP contribution in [0, 0.1) is 0 Å². The fourth-order valence-corrected chi connectivity index (χ4v) is 1.87. The highest BCUT2D eigenvalue weighted by Gasteiger charge is 2.12. The quantitative estimate of drug-likeness (QED) is 0.859. The maximum Gasteiger partial charge on any atom is 0.269 e. The third kappa shape index (κ3) is 2.90. The van der Waals surface area contributed by atoms with Crippen molar-refractivity contribution in [1.82, 2.24) is 15.1 Å². The van der Waals surface area contributed by atoms with Gasteiger partial charge < -0.3 is 5.32 Å². The number of amides is 1. The Labute approximate surface area is 111 Å². The van der Waals surface area contributed by atoms with Crippen molar-refractivity contribution in [2.45, 2.75) is 5.38 Å². The monoisotopic (exact) mass is 263 g/mol. The molecule has 2 rings (SSSR count). The molecule has 94 valence electrons. The molecule has 0 aliphatic carbocycles. The van der Waals surface area contributed by atoms with E-state index in [0.717, 1.165) is 5.56 Å². The molecule has 0 fully saturated rings. The second-order valence-corrected chi connectivity index (χ2v) is 4.46. The summed E-state index contributed by atoms with van der Waals surface area (Å²) in [6, 6.07) is 11.3. The van der Waals surface area contributed by atoms with E-state index in [0.29, 0.717) is 12.2 Å². The molecule has 4 nitrogen and oxygen atoms in total. The van der Waals surface area contributed by atoms with Gasteiger partial charge in [0.25, 0.3) is 5.91 Å². The van der Waals surface area contributed by atoms with Gasteiger partial charge in [0.15, 0.2) is 0 Å². The highest BCUT2D eigenvalue weighted by atomic mass is 35.5. The van der Waals surface area contributed by atoms with Gasteiger partial charge >= 0.3 is 0 Å². The second kappa shape index (κ2) is 5.69. The minimum absolute atomic E-state index is 0.170. The zero-order chi connectivity index (χ0) is 13.0. The maximum absolute atomic E-state index is 11.8. The van der Waals surface area contributed by atoms with Crippen LogP contribution in [0.5, 0.6) is 0 Å². The van der Waals surface area contributed by atoms with E-state index in [1.807, 2.05) is 30.3 Å². The summed E-state index contributed by atoms with van der Waals surface area (Å²) in [5.74, 6) is -0.170. The molecule has 0 aliphatic rings. The molecule has 1 heterocycles. The van der Waals surface area contributed by atoms with Crippen LogP contribution in [0.25, 0.3) is 0 Å². The summed E-state index contributed by atoms with van der Waals surface area (Å²) >= 11 is 6.21. The number of hydrogen-bond donors (Lipinski definition) is 1. The fourth-order valence-electron chi connectivity index (χ4n) is 1.65. The molecule has 2 aromatic rings. The summed E-state index contributed by atoms with van der Waals surface area (Å²) in [7, 11) is 1.73. The summed E-state index contributed by atoms with van der Waals surface area (Å²) < 4.78 is 1.53. The van der Waals surface area contributed by atoms with Crippen molar-refractivity contribution in [2.24, 2.45) is 7.05 Å². The van der Waals surface area contributed by atoms with E-state index < -0.39 is 0 Å². The number of hydrogen-bond acceptors (Lipinski definition) is 2. The third-order valence-electron chi connectivity index (χ3n) is 2.66. The van der Waals surface area contributed by atoms with Gasteiger partial charge in [-0.15, -0.1) is 11.6 Å². The van der Waals surface area contributed by atoms with E-state index in [9.17, 15) is 4.79 Å². The second-order valence-electron chi connectivity index (χ2n) is 3.93. The molecule has 1 aromatic carbocycles. The molecular weight excluding hydrogens is 250 g/mol. The minimum Gasteiger partial charge on any atom is -0.349 e. The lowest BCUT2D eigenvalue weighted by Gasteiger charge is -2.11. The summed E-state index contributed by atoms with van der Waals surface area (Å²) in [4.78, 5) is 11.8.